The lowest BCUT2D eigenvalue weighted by molar-refractivity contribution is 0.570. The predicted octanol–water partition coefficient (Wildman–Crippen LogP) is -0.244. The van der Waals surface area contributed by atoms with Crippen molar-refractivity contribution in [2.45, 2.75) is 25.7 Å². The van der Waals surface area contributed by atoms with Crippen molar-refractivity contribution in [2.24, 2.45) is 11.5 Å². The highest BCUT2D eigenvalue weighted by Crippen LogP contribution is 1.84. The average Bonchev–Trinajstić information content (AvgIpc) is 2.21. The third-order valence-electron chi connectivity index (χ3n) is 2.07. The fourth-order valence-corrected chi connectivity index (χ4v) is 1.20. The van der Waals surface area contributed by atoms with E-state index in [2.05, 4.69) is 10.6 Å². The third kappa shape index (κ3) is 11.8. The molecule has 0 fully saturated rings. The summed E-state index contributed by atoms with van der Waals surface area (Å²) < 4.78 is 0. The molecule has 0 aromatic rings. The number of nitrogens with two attached hydrogens (primary N) is 2. The molecule has 14 heavy (non-hydrogen) atoms. The second-order valence-corrected chi connectivity index (χ2v) is 3.49. The Morgan fingerprint density at radius 2 is 1.00 bits per heavy atom. The molecule has 0 bridgehead atoms. The van der Waals surface area contributed by atoms with Crippen LogP contribution in [-0.4, -0.2) is 39.3 Å². The Kier molecular flexibility index (Phi) is 12.7. The van der Waals surface area contributed by atoms with Crippen LogP contribution in [0, 0.1) is 0 Å². The lowest BCUT2D eigenvalue weighted by Gasteiger charge is -2.04. The fourth-order valence-electron chi connectivity index (χ4n) is 1.20. The maximum absolute atomic E-state index is 5.38. The van der Waals surface area contributed by atoms with E-state index in [4.69, 9.17) is 11.5 Å². The van der Waals surface area contributed by atoms with Crippen LogP contribution < -0.4 is 22.1 Å². The van der Waals surface area contributed by atoms with Gasteiger partial charge in [0.15, 0.2) is 0 Å². The minimum absolute atomic E-state index is 0. The molecular weight excluding hydrogens is 176 g/mol. The summed E-state index contributed by atoms with van der Waals surface area (Å²) in [4.78, 5) is 0. The van der Waals surface area contributed by atoms with Gasteiger partial charge in [0, 0.05) is 0 Å². The second-order valence-electron chi connectivity index (χ2n) is 3.49. The Bertz CT molecular complexity index is 91.4. The van der Waals surface area contributed by atoms with Crippen molar-refractivity contribution in [3.63, 3.8) is 0 Å². The minimum atomic E-state index is 0. The zero-order chi connectivity index (χ0) is 10.5. The molecule has 0 rings (SSSR count). The van der Waals surface area contributed by atoms with E-state index in [0.717, 1.165) is 52.1 Å². The van der Waals surface area contributed by atoms with Gasteiger partial charge in [-0.2, -0.15) is 0 Å². The molecule has 0 atom stereocenters. The Morgan fingerprint density at radius 1 is 0.643 bits per heavy atom. The monoisotopic (exact) mass is 203 g/mol. The molecule has 0 aliphatic carbocycles. The molecular formula is C10H27N4+. The Labute approximate surface area is 89.3 Å². The molecule has 0 aromatic heterocycles. The zero-order valence-electron chi connectivity index (χ0n) is 10.2. The van der Waals surface area contributed by atoms with Crippen LogP contribution in [0.3, 0.4) is 0 Å². The smallest absolute Gasteiger partial charge is 0.330 e. The first-order chi connectivity index (χ1) is 6.91. The van der Waals surface area contributed by atoms with Gasteiger partial charge < -0.3 is 22.1 Å². The van der Waals surface area contributed by atoms with Crippen molar-refractivity contribution >= 4 is 0 Å². The SMILES string of the molecule is NCCCNCCCCNCCCN.[H+]. The molecule has 4 heteroatoms. The zero-order valence-corrected chi connectivity index (χ0v) is 9.23. The van der Waals surface area contributed by atoms with Gasteiger partial charge in [-0.25, -0.2) is 0 Å². The van der Waals surface area contributed by atoms with E-state index in [-0.39, 0.29) is 1.43 Å². The van der Waals surface area contributed by atoms with Gasteiger partial charge in [-0.3, -0.25) is 0 Å². The number of rotatable bonds is 11. The Morgan fingerprint density at radius 3 is 1.36 bits per heavy atom. The lowest BCUT2D eigenvalue weighted by atomic mass is 10.3. The van der Waals surface area contributed by atoms with Crippen molar-refractivity contribution in [2.75, 3.05) is 39.3 Å². The van der Waals surface area contributed by atoms with E-state index >= 15 is 0 Å². The van der Waals surface area contributed by atoms with Crippen LogP contribution in [0.2, 0.25) is 0 Å². The van der Waals surface area contributed by atoms with Gasteiger partial charge in [-0.15, -0.1) is 0 Å². The molecule has 4 nitrogen and oxygen atoms in total. The maximum atomic E-state index is 5.38. The second kappa shape index (κ2) is 12.8. The molecule has 0 spiro atoms. The lowest BCUT2D eigenvalue weighted by Crippen LogP contribution is -2.22. The Hall–Kier alpha value is -0.160. The van der Waals surface area contributed by atoms with Crippen LogP contribution in [0.4, 0.5) is 0 Å². The fraction of sp³-hybridized carbons (Fsp3) is 1.00. The number of hydrogen-bond donors (Lipinski definition) is 4. The van der Waals surface area contributed by atoms with Gasteiger partial charge in [0.25, 0.3) is 0 Å². The highest BCUT2D eigenvalue weighted by molar-refractivity contribution is 4.52. The number of hydrogen-bond acceptors (Lipinski definition) is 4. The van der Waals surface area contributed by atoms with E-state index in [1.807, 2.05) is 0 Å². The average molecular weight is 203 g/mol. The van der Waals surface area contributed by atoms with Crippen molar-refractivity contribution in [1.82, 2.24) is 10.6 Å². The van der Waals surface area contributed by atoms with Gasteiger partial charge in [0.1, 0.15) is 0 Å². The first-order valence-electron chi connectivity index (χ1n) is 5.73. The van der Waals surface area contributed by atoms with Crippen LogP contribution in [0.1, 0.15) is 27.1 Å². The molecule has 6 N–H and O–H groups in total. The predicted molar refractivity (Wildman–Crippen MR) is 63.4 cm³/mol. The van der Waals surface area contributed by atoms with Crippen molar-refractivity contribution < 1.29 is 1.43 Å². The molecule has 0 aliphatic heterocycles. The standard InChI is InChI=1S/C10H26N4/c11-5-3-9-13-7-1-2-8-14-10-4-6-12/h13-14H,1-12H2/p+1. The molecule has 0 aromatic carbocycles. The highest BCUT2D eigenvalue weighted by Gasteiger charge is 1.89. The minimum Gasteiger partial charge on any atom is -0.330 e. The summed E-state index contributed by atoms with van der Waals surface area (Å²) >= 11 is 0. The van der Waals surface area contributed by atoms with Crippen LogP contribution in [-0.2, 0) is 0 Å². The van der Waals surface area contributed by atoms with Gasteiger partial charge in [-0.1, -0.05) is 0 Å². The van der Waals surface area contributed by atoms with Gasteiger partial charge >= 0.3 is 1.43 Å². The maximum Gasteiger partial charge on any atom is 1.00 e. The van der Waals surface area contributed by atoms with E-state index in [9.17, 15) is 0 Å². The molecule has 0 aliphatic rings. The van der Waals surface area contributed by atoms with Gasteiger partial charge in [0.05, 0.1) is 0 Å². The summed E-state index contributed by atoms with van der Waals surface area (Å²) in [5, 5.41) is 6.72. The quantitative estimate of drug-likeness (QED) is 0.350. The van der Waals surface area contributed by atoms with E-state index in [1.54, 1.807) is 0 Å². The number of nitrogens with one attached hydrogen (secondary N) is 2. The van der Waals surface area contributed by atoms with E-state index < -0.39 is 0 Å². The van der Waals surface area contributed by atoms with E-state index in [1.165, 1.54) is 12.8 Å². The van der Waals surface area contributed by atoms with Crippen molar-refractivity contribution in [3.05, 3.63) is 0 Å². The van der Waals surface area contributed by atoms with Crippen LogP contribution >= 0.6 is 0 Å². The first kappa shape index (κ1) is 13.8. The molecule has 0 amide bonds. The summed E-state index contributed by atoms with van der Waals surface area (Å²) in [5.41, 5.74) is 10.8. The molecule has 0 saturated heterocycles. The van der Waals surface area contributed by atoms with Crippen molar-refractivity contribution in [1.29, 1.82) is 0 Å². The van der Waals surface area contributed by atoms with Crippen LogP contribution in [0.25, 0.3) is 0 Å². The summed E-state index contributed by atoms with van der Waals surface area (Å²) in [6, 6.07) is 0. The summed E-state index contributed by atoms with van der Waals surface area (Å²) in [6.07, 6.45) is 4.63. The molecule has 0 saturated carbocycles. The molecule has 0 unspecified atom stereocenters. The van der Waals surface area contributed by atoms with Gasteiger partial charge in [-0.05, 0) is 65.0 Å². The largest absolute Gasteiger partial charge is 1.00 e. The van der Waals surface area contributed by atoms with E-state index in [0.29, 0.717) is 0 Å². The molecule has 86 valence electrons. The summed E-state index contributed by atoms with van der Waals surface area (Å²) in [7, 11) is 0. The van der Waals surface area contributed by atoms with Gasteiger partial charge in [0.2, 0.25) is 0 Å². The highest BCUT2D eigenvalue weighted by atomic mass is 14.9. The third-order valence-corrected chi connectivity index (χ3v) is 2.07. The summed E-state index contributed by atoms with van der Waals surface area (Å²) in [6.45, 7) is 5.90. The summed E-state index contributed by atoms with van der Waals surface area (Å²) in [5.74, 6) is 0. The first-order valence-corrected chi connectivity index (χ1v) is 5.73. The van der Waals surface area contributed by atoms with Crippen LogP contribution in [0.15, 0.2) is 0 Å². The molecule has 0 radical (unpaired) electrons. The Balaban J connectivity index is 0. The van der Waals surface area contributed by atoms with Crippen molar-refractivity contribution in [3.8, 4) is 0 Å². The number of unbranched alkanes of at least 4 members (excludes halogenated alkanes) is 1. The normalized spacial score (nSPS) is 10.7. The molecule has 0 heterocycles. The topological polar surface area (TPSA) is 76.1 Å². The van der Waals surface area contributed by atoms with Crippen LogP contribution in [0.5, 0.6) is 0 Å².